The van der Waals surface area contributed by atoms with E-state index in [1.54, 1.807) is 24.3 Å². The van der Waals surface area contributed by atoms with Crippen LogP contribution in [0.1, 0.15) is 12.0 Å². The molecule has 2 rings (SSSR count). The fraction of sp³-hybridized carbons (Fsp3) is 0.385. The third-order valence-electron chi connectivity index (χ3n) is 3.11. The molecule has 1 heterocycles. The number of nitriles is 1. The van der Waals surface area contributed by atoms with Crippen LogP contribution in [0.2, 0.25) is 0 Å². The number of para-hydroxylation sites is 1. The van der Waals surface area contributed by atoms with Gasteiger partial charge in [0.25, 0.3) is 0 Å². The summed E-state index contributed by atoms with van der Waals surface area (Å²) in [6.45, 7) is -0.643. The zero-order valence-electron chi connectivity index (χ0n) is 9.94. The number of anilines is 1. The molecular weight excluding hydrogens is 257 g/mol. The number of fused-ring (bicyclic) bond motifs is 1. The van der Waals surface area contributed by atoms with E-state index in [2.05, 4.69) is 0 Å². The van der Waals surface area contributed by atoms with Crippen LogP contribution in [-0.4, -0.2) is 18.6 Å². The Hall–Kier alpha value is -2.03. The van der Waals surface area contributed by atoms with Crippen LogP contribution in [0.25, 0.3) is 0 Å². The smallest absolute Gasteiger partial charge is 0.310 e. The summed E-state index contributed by atoms with van der Waals surface area (Å²) < 4.78 is 37.9. The van der Waals surface area contributed by atoms with E-state index in [4.69, 9.17) is 5.26 Å². The molecule has 0 bridgehead atoms. The fourth-order valence-corrected chi connectivity index (χ4v) is 2.10. The molecule has 1 aromatic rings. The number of hydrogen-bond acceptors (Lipinski definition) is 2. The third-order valence-corrected chi connectivity index (χ3v) is 3.11. The Morgan fingerprint density at radius 1 is 1.32 bits per heavy atom. The van der Waals surface area contributed by atoms with Gasteiger partial charge in [-0.2, -0.15) is 18.4 Å². The predicted octanol–water partition coefficient (Wildman–Crippen LogP) is 2.67. The van der Waals surface area contributed by atoms with Crippen molar-refractivity contribution in [2.75, 3.05) is 11.4 Å². The second-order valence-corrected chi connectivity index (χ2v) is 4.36. The van der Waals surface area contributed by atoms with Gasteiger partial charge in [-0.3, -0.25) is 4.79 Å². The molecule has 1 aliphatic rings. The highest BCUT2D eigenvalue weighted by Gasteiger charge is 2.42. The van der Waals surface area contributed by atoms with E-state index >= 15 is 0 Å². The van der Waals surface area contributed by atoms with Gasteiger partial charge in [0.2, 0.25) is 5.91 Å². The first kappa shape index (κ1) is 13.4. The molecule has 1 aromatic carbocycles. The van der Waals surface area contributed by atoms with E-state index < -0.39 is 18.6 Å². The summed E-state index contributed by atoms with van der Waals surface area (Å²) in [5.74, 6) is -2.54. The van der Waals surface area contributed by atoms with Gasteiger partial charge in [0.15, 0.2) is 5.92 Å². The molecule has 0 N–H and O–H groups in total. The lowest BCUT2D eigenvalue weighted by Crippen LogP contribution is -2.42. The van der Waals surface area contributed by atoms with E-state index in [9.17, 15) is 18.0 Å². The molecule has 0 fully saturated rings. The Labute approximate surface area is 108 Å². The molecule has 3 nitrogen and oxygen atoms in total. The molecule has 100 valence electrons. The quantitative estimate of drug-likeness (QED) is 0.827. The van der Waals surface area contributed by atoms with Crippen LogP contribution in [0, 0.1) is 17.2 Å². The summed E-state index contributed by atoms with van der Waals surface area (Å²) in [4.78, 5) is 12.9. The molecule has 1 amide bonds. The largest absolute Gasteiger partial charge is 0.406 e. The van der Waals surface area contributed by atoms with Gasteiger partial charge >= 0.3 is 6.18 Å². The predicted molar refractivity (Wildman–Crippen MR) is 62.3 cm³/mol. The van der Waals surface area contributed by atoms with Gasteiger partial charge in [0.1, 0.15) is 0 Å². The summed E-state index contributed by atoms with van der Waals surface area (Å²) >= 11 is 0. The van der Waals surface area contributed by atoms with Crippen molar-refractivity contribution in [3.05, 3.63) is 29.8 Å². The molecule has 0 aliphatic carbocycles. The topological polar surface area (TPSA) is 44.1 Å². The van der Waals surface area contributed by atoms with Crippen LogP contribution in [-0.2, 0) is 11.2 Å². The minimum Gasteiger partial charge on any atom is -0.310 e. The average molecular weight is 268 g/mol. The fourth-order valence-electron chi connectivity index (χ4n) is 2.10. The number of alkyl halides is 3. The highest BCUT2D eigenvalue weighted by molar-refractivity contribution is 5.96. The van der Waals surface area contributed by atoms with Gasteiger partial charge in [0, 0.05) is 12.1 Å². The number of carbonyl (C=O) groups excluding carboxylic acids is 1. The molecule has 1 atom stereocenters. The lowest BCUT2D eigenvalue weighted by Gasteiger charge is -2.31. The maximum atomic E-state index is 12.6. The average Bonchev–Trinajstić information content (AvgIpc) is 2.36. The van der Waals surface area contributed by atoms with Crippen molar-refractivity contribution in [2.45, 2.75) is 19.0 Å². The summed E-state index contributed by atoms with van der Waals surface area (Å²) in [6, 6.07) is 8.05. The third kappa shape index (κ3) is 2.70. The minimum atomic E-state index is -4.62. The summed E-state index contributed by atoms with van der Waals surface area (Å²) in [5, 5.41) is 8.62. The molecule has 1 aliphatic heterocycles. The molecule has 0 radical (unpaired) electrons. The molecule has 19 heavy (non-hydrogen) atoms. The Morgan fingerprint density at radius 3 is 2.63 bits per heavy atom. The Kier molecular flexibility index (Phi) is 3.47. The van der Waals surface area contributed by atoms with Gasteiger partial charge < -0.3 is 4.90 Å². The first-order valence-corrected chi connectivity index (χ1v) is 5.78. The molecule has 6 heteroatoms. The maximum absolute atomic E-state index is 12.6. The number of carbonyl (C=O) groups is 1. The van der Waals surface area contributed by atoms with E-state index in [0.29, 0.717) is 12.1 Å². The monoisotopic (exact) mass is 268 g/mol. The number of aryl methyl sites for hydroxylation is 1. The molecule has 0 saturated carbocycles. The normalized spacial score (nSPS) is 16.7. The zero-order chi connectivity index (χ0) is 14.0. The molecular formula is C13H11F3N2O. The summed E-state index contributed by atoms with van der Waals surface area (Å²) in [6.07, 6.45) is -3.93. The second-order valence-electron chi connectivity index (χ2n) is 4.36. The van der Waals surface area contributed by atoms with Gasteiger partial charge in [-0.05, 0) is 18.1 Å². The number of amides is 1. The van der Waals surface area contributed by atoms with Gasteiger partial charge in [0.05, 0.1) is 12.6 Å². The van der Waals surface area contributed by atoms with Crippen molar-refractivity contribution >= 4 is 11.6 Å². The number of hydrogen-bond donors (Lipinski definition) is 0. The number of rotatable bonds is 2. The zero-order valence-corrected chi connectivity index (χ0v) is 9.94. The van der Waals surface area contributed by atoms with E-state index in [-0.39, 0.29) is 12.3 Å². The number of halogens is 3. The van der Waals surface area contributed by atoms with Gasteiger partial charge in [-0.1, -0.05) is 18.2 Å². The summed E-state index contributed by atoms with van der Waals surface area (Å²) in [7, 11) is 0. The first-order valence-electron chi connectivity index (χ1n) is 5.78. The van der Waals surface area contributed by atoms with Crippen LogP contribution in [0.4, 0.5) is 18.9 Å². The molecule has 0 saturated heterocycles. The first-order chi connectivity index (χ1) is 8.93. The lowest BCUT2D eigenvalue weighted by molar-refractivity contribution is -0.156. The van der Waals surface area contributed by atoms with Crippen LogP contribution in [0.5, 0.6) is 0 Å². The summed E-state index contributed by atoms with van der Waals surface area (Å²) in [5.41, 5.74) is 1.31. The van der Waals surface area contributed by atoms with Crippen LogP contribution in [0.15, 0.2) is 24.3 Å². The SMILES string of the molecule is N#CC(CN1C(=O)CCc2ccccc21)C(F)(F)F. The van der Waals surface area contributed by atoms with Crippen molar-refractivity contribution in [3.8, 4) is 6.07 Å². The van der Waals surface area contributed by atoms with Crippen LogP contribution >= 0.6 is 0 Å². The van der Waals surface area contributed by atoms with E-state index in [1.807, 2.05) is 0 Å². The van der Waals surface area contributed by atoms with E-state index in [0.717, 1.165) is 10.5 Å². The maximum Gasteiger partial charge on any atom is 0.406 e. The number of benzene rings is 1. The van der Waals surface area contributed by atoms with Crippen molar-refractivity contribution in [3.63, 3.8) is 0 Å². The highest BCUT2D eigenvalue weighted by atomic mass is 19.4. The van der Waals surface area contributed by atoms with Gasteiger partial charge in [-0.15, -0.1) is 0 Å². The second kappa shape index (κ2) is 4.92. The standard InChI is InChI=1S/C13H11F3N2O/c14-13(15,16)10(7-17)8-18-11-4-2-1-3-9(11)5-6-12(18)19/h1-4,10H,5-6,8H2. The van der Waals surface area contributed by atoms with Crippen molar-refractivity contribution < 1.29 is 18.0 Å². The molecule has 0 spiro atoms. The number of nitrogens with zero attached hydrogens (tertiary/aromatic N) is 2. The van der Waals surface area contributed by atoms with Crippen LogP contribution < -0.4 is 4.90 Å². The molecule has 1 unspecified atom stereocenters. The Balaban J connectivity index is 2.30. The highest BCUT2D eigenvalue weighted by Crippen LogP contribution is 2.32. The minimum absolute atomic E-state index is 0.174. The van der Waals surface area contributed by atoms with Crippen molar-refractivity contribution in [1.82, 2.24) is 0 Å². The van der Waals surface area contributed by atoms with E-state index in [1.165, 1.54) is 6.07 Å². The van der Waals surface area contributed by atoms with Crippen LogP contribution in [0.3, 0.4) is 0 Å². The van der Waals surface area contributed by atoms with Crippen molar-refractivity contribution in [1.29, 1.82) is 5.26 Å². The Bertz CT molecular complexity index is 533. The van der Waals surface area contributed by atoms with Crippen molar-refractivity contribution in [2.24, 2.45) is 5.92 Å². The Morgan fingerprint density at radius 2 is 2.00 bits per heavy atom. The molecule has 0 aromatic heterocycles. The van der Waals surface area contributed by atoms with Gasteiger partial charge in [-0.25, -0.2) is 0 Å². The lowest BCUT2D eigenvalue weighted by atomic mass is 9.99.